The summed E-state index contributed by atoms with van der Waals surface area (Å²) in [4.78, 5) is 4.81. The molecule has 1 rings (SSSR count). The lowest BCUT2D eigenvalue weighted by molar-refractivity contribution is 0.213. The van der Waals surface area contributed by atoms with Gasteiger partial charge in [0.2, 0.25) is 0 Å². The first kappa shape index (κ1) is 10.5. The lowest BCUT2D eigenvalue weighted by atomic mass is 10.1. The zero-order valence-corrected chi connectivity index (χ0v) is 8.44. The summed E-state index contributed by atoms with van der Waals surface area (Å²) in [6.45, 7) is 3.69. The Balaban J connectivity index is 2.78. The summed E-state index contributed by atoms with van der Waals surface area (Å²) in [5, 5.41) is 4.00. The number of hydrogen-bond acceptors (Lipinski definition) is 2. The standard InChI is InChI=1S/C12H15NO/c1-3-4-10-12(13-14-2)11-8-6-5-7-9-11/h3,5-9H,1,4,10H2,2H3. The van der Waals surface area contributed by atoms with E-state index in [9.17, 15) is 0 Å². The average Bonchev–Trinajstić information content (AvgIpc) is 2.25. The molecule has 2 heteroatoms. The lowest BCUT2D eigenvalue weighted by Gasteiger charge is -2.03. The first-order valence-electron chi connectivity index (χ1n) is 4.65. The van der Waals surface area contributed by atoms with Crippen molar-refractivity contribution >= 4 is 5.71 Å². The highest BCUT2D eigenvalue weighted by atomic mass is 16.6. The molecule has 1 aromatic rings. The van der Waals surface area contributed by atoms with Crippen LogP contribution in [0, 0.1) is 0 Å². The molecule has 0 heterocycles. The predicted octanol–water partition coefficient (Wildman–Crippen LogP) is 3.00. The molecule has 0 bridgehead atoms. The number of hydrogen-bond donors (Lipinski definition) is 0. The number of allylic oxidation sites excluding steroid dienone is 1. The molecule has 2 nitrogen and oxygen atoms in total. The Morgan fingerprint density at radius 3 is 2.71 bits per heavy atom. The molecule has 0 unspecified atom stereocenters. The van der Waals surface area contributed by atoms with Crippen LogP contribution in [0.15, 0.2) is 48.1 Å². The van der Waals surface area contributed by atoms with Crippen LogP contribution in [-0.2, 0) is 4.84 Å². The minimum atomic E-state index is 0.862. The fraction of sp³-hybridized carbons (Fsp3) is 0.250. The first-order valence-corrected chi connectivity index (χ1v) is 4.65. The Labute approximate surface area is 84.9 Å². The molecule has 0 aromatic heterocycles. The van der Waals surface area contributed by atoms with Crippen molar-refractivity contribution in [1.29, 1.82) is 0 Å². The summed E-state index contributed by atoms with van der Waals surface area (Å²) in [6, 6.07) is 10.0. The minimum absolute atomic E-state index is 0.862. The predicted molar refractivity (Wildman–Crippen MR) is 59.4 cm³/mol. The van der Waals surface area contributed by atoms with Gasteiger partial charge in [-0.3, -0.25) is 0 Å². The van der Waals surface area contributed by atoms with Gasteiger partial charge in [0.25, 0.3) is 0 Å². The smallest absolute Gasteiger partial charge is 0.106 e. The van der Waals surface area contributed by atoms with Gasteiger partial charge in [-0.05, 0) is 18.4 Å². The van der Waals surface area contributed by atoms with Crippen molar-refractivity contribution in [2.24, 2.45) is 5.16 Å². The van der Waals surface area contributed by atoms with Crippen LogP contribution >= 0.6 is 0 Å². The van der Waals surface area contributed by atoms with E-state index >= 15 is 0 Å². The maximum Gasteiger partial charge on any atom is 0.106 e. The molecule has 0 aliphatic heterocycles. The quantitative estimate of drug-likeness (QED) is 0.396. The van der Waals surface area contributed by atoms with Gasteiger partial charge >= 0.3 is 0 Å². The summed E-state index contributed by atoms with van der Waals surface area (Å²) in [7, 11) is 1.57. The molecule has 0 spiro atoms. The van der Waals surface area contributed by atoms with Crippen molar-refractivity contribution in [2.45, 2.75) is 12.8 Å². The fourth-order valence-electron chi connectivity index (χ4n) is 1.22. The number of benzene rings is 1. The van der Waals surface area contributed by atoms with Crippen LogP contribution in [0.25, 0.3) is 0 Å². The molecular formula is C12H15NO. The van der Waals surface area contributed by atoms with Crippen molar-refractivity contribution in [2.75, 3.05) is 7.11 Å². The van der Waals surface area contributed by atoms with E-state index in [4.69, 9.17) is 4.84 Å². The second-order valence-corrected chi connectivity index (χ2v) is 2.91. The maximum atomic E-state index is 4.81. The third-order valence-electron chi connectivity index (χ3n) is 1.89. The topological polar surface area (TPSA) is 21.6 Å². The molecule has 0 atom stereocenters. The van der Waals surface area contributed by atoms with Gasteiger partial charge in [-0.25, -0.2) is 0 Å². The van der Waals surface area contributed by atoms with Crippen molar-refractivity contribution in [3.8, 4) is 0 Å². The van der Waals surface area contributed by atoms with Gasteiger partial charge in [0.15, 0.2) is 0 Å². The Hall–Kier alpha value is -1.57. The number of rotatable bonds is 5. The normalized spacial score (nSPS) is 11.1. The Morgan fingerprint density at radius 2 is 2.14 bits per heavy atom. The second-order valence-electron chi connectivity index (χ2n) is 2.91. The summed E-state index contributed by atoms with van der Waals surface area (Å²) in [6.07, 6.45) is 3.66. The molecule has 0 fully saturated rings. The molecule has 0 N–H and O–H groups in total. The van der Waals surface area contributed by atoms with Crippen molar-refractivity contribution in [1.82, 2.24) is 0 Å². The summed E-state index contributed by atoms with van der Waals surface area (Å²) in [5.74, 6) is 0. The van der Waals surface area contributed by atoms with Crippen LogP contribution in [0.4, 0.5) is 0 Å². The Kier molecular flexibility index (Phi) is 4.48. The number of oxime groups is 1. The Morgan fingerprint density at radius 1 is 1.43 bits per heavy atom. The highest BCUT2D eigenvalue weighted by molar-refractivity contribution is 6.00. The van der Waals surface area contributed by atoms with Gasteiger partial charge < -0.3 is 4.84 Å². The van der Waals surface area contributed by atoms with Gasteiger partial charge in [0.1, 0.15) is 7.11 Å². The molecule has 0 aliphatic rings. The van der Waals surface area contributed by atoms with Gasteiger partial charge in [-0.2, -0.15) is 0 Å². The molecule has 14 heavy (non-hydrogen) atoms. The van der Waals surface area contributed by atoms with E-state index in [1.807, 2.05) is 36.4 Å². The largest absolute Gasteiger partial charge is 0.399 e. The molecular weight excluding hydrogens is 174 g/mol. The van der Waals surface area contributed by atoms with Crippen LogP contribution in [0.3, 0.4) is 0 Å². The molecule has 74 valence electrons. The van der Waals surface area contributed by atoms with Gasteiger partial charge in [0, 0.05) is 0 Å². The van der Waals surface area contributed by atoms with E-state index < -0.39 is 0 Å². The van der Waals surface area contributed by atoms with Crippen molar-refractivity contribution in [3.63, 3.8) is 0 Å². The van der Waals surface area contributed by atoms with Crippen LogP contribution < -0.4 is 0 Å². The fourth-order valence-corrected chi connectivity index (χ4v) is 1.22. The molecule has 0 amide bonds. The zero-order chi connectivity index (χ0) is 10.2. The van der Waals surface area contributed by atoms with Crippen molar-refractivity contribution < 1.29 is 4.84 Å². The summed E-state index contributed by atoms with van der Waals surface area (Å²) < 4.78 is 0. The van der Waals surface area contributed by atoms with Crippen LogP contribution in [-0.4, -0.2) is 12.8 Å². The Bertz CT molecular complexity index is 303. The highest BCUT2D eigenvalue weighted by Gasteiger charge is 2.01. The van der Waals surface area contributed by atoms with Gasteiger partial charge in [0.05, 0.1) is 5.71 Å². The van der Waals surface area contributed by atoms with Gasteiger partial charge in [-0.15, -0.1) is 6.58 Å². The third kappa shape index (κ3) is 3.05. The average molecular weight is 189 g/mol. The van der Waals surface area contributed by atoms with Crippen LogP contribution in [0.5, 0.6) is 0 Å². The molecule has 0 saturated heterocycles. The third-order valence-corrected chi connectivity index (χ3v) is 1.89. The van der Waals surface area contributed by atoms with Gasteiger partial charge in [-0.1, -0.05) is 41.6 Å². The monoisotopic (exact) mass is 189 g/mol. The second kappa shape index (κ2) is 5.97. The van der Waals surface area contributed by atoms with E-state index in [0.717, 1.165) is 24.1 Å². The summed E-state index contributed by atoms with van der Waals surface area (Å²) in [5.41, 5.74) is 2.07. The molecule has 0 aliphatic carbocycles. The zero-order valence-electron chi connectivity index (χ0n) is 8.44. The number of nitrogens with zero attached hydrogens (tertiary/aromatic N) is 1. The first-order chi connectivity index (χ1) is 6.88. The summed E-state index contributed by atoms with van der Waals surface area (Å²) >= 11 is 0. The van der Waals surface area contributed by atoms with E-state index in [1.54, 1.807) is 7.11 Å². The van der Waals surface area contributed by atoms with Crippen molar-refractivity contribution in [3.05, 3.63) is 48.6 Å². The van der Waals surface area contributed by atoms with E-state index in [1.165, 1.54) is 0 Å². The van der Waals surface area contributed by atoms with E-state index in [0.29, 0.717) is 0 Å². The van der Waals surface area contributed by atoms with E-state index in [-0.39, 0.29) is 0 Å². The maximum absolute atomic E-state index is 4.81. The minimum Gasteiger partial charge on any atom is -0.399 e. The lowest BCUT2D eigenvalue weighted by Crippen LogP contribution is -2.00. The van der Waals surface area contributed by atoms with Crippen LogP contribution in [0.1, 0.15) is 18.4 Å². The molecule has 1 aromatic carbocycles. The molecule has 0 radical (unpaired) electrons. The van der Waals surface area contributed by atoms with E-state index in [2.05, 4.69) is 11.7 Å². The highest BCUT2D eigenvalue weighted by Crippen LogP contribution is 2.07. The van der Waals surface area contributed by atoms with Crippen LogP contribution in [0.2, 0.25) is 0 Å². The molecule has 0 saturated carbocycles. The SMILES string of the molecule is C=CCCC(=NOC)c1ccccc1.